The summed E-state index contributed by atoms with van der Waals surface area (Å²) in [6.07, 6.45) is 4.55. The molecule has 3 N–H and O–H groups in total. The van der Waals surface area contributed by atoms with Gasteiger partial charge in [-0.25, -0.2) is 0 Å². The zero-order valence-electron chi connectivity index (χ0n) is 17.9. The van der Waals surface area contributed by atoms with Crippen LogP contribution in [0, 0.1) is 0 Å². The topological polar surface area (TPSA) is 131 Å². The highest BCUT2D eigenvalue weighted by Crippen LogP contribution is 2.28. The fourth-order valence-electron chi connectivity index (χ4n) is 4.39. The number of rotatable bonds is 13. The molecule has 0 radical (unpaired) electrons. The number of isothiocyanates is 1. The van der Waals surface area contributed by atoms with Gasteiger partial charge in [-0.3, -0.25) is 24.2 Å². The summed E-state index contributed by atoms with van der Waals surface area (Å²) in [5, 5.41) is 30.3. The minimum absolute atomic E-state index is 0.169. The number of nitrogens with zero attached hydrogens (tertiary/aromatic N) is 3. The van der Waals surface area contributed by atoms with E-state index in [1.165, 1.54) is 4.90 Å². The van der Waals surface area contributed by atoms with Crippen molar-refractivity contribution in [1.82, 2.24) is 9.80 Å². The van der Waals surface area contributed by atoms with Crippen molar-refractivity contribution < 1.29 is 29.7 Å². The van der Waals surface area contributed by atoms with Crippen LogP contribution in [0.2, 0.25) is 0 Å². The number of benzene rings is 1. The predicted octanol–water partition coefficient (Wildman–Crippen LogP) is 2.52. The summed E-state index contributed by atoms with van der Waals surface area (Å²) in [5.41, 5.74) is 1.81. The van der Waals surface area contributed by atoms with Crippen molar-refractivity contribution in [1.29, 1.82) is 0 Å². The fourth-order valence-corrected chi connectivity index (χ4v) is 4.50. The lowest BCUT2D eigenvalue weighted by molar-refractivity contribution is -0.146. The highest BCUT2D eigenvalue weighted by Gasteiger charge is 2.36. The van der Waals surface area contributed by atoms with Crippen molar-refractivity contribution in [3.8, 4) is 0 Å². The van der Waals surface area contributed by atoms with Crippen LogP contribution in [-0.2, 0) is 20.8 Å². The van der Waals surface area contributed by atoms with Crippen LogP contribution in [-0.4, -0.2) is 86.5 Å². The Morgan fingerprint density at radius 3 is 1.91 bits per heavy atom. The Morgan fingerprint density at radius 2 is 1.41 bits per heavy atom. The molecule has 0 spiro atoms. The van der Waals surface area contributed by atoms with Crippen LogP contribution >= 0.6 is 12.2 Å². The molecule has 0 aromatic heterocycles. The summed E-state index contributed by atoms with van der Waals surface area (Å²) >= 11 is 4.60. The summed E-state index contributed by atoms with van der Waals surface area (Å²) in [7, 11) is 0. The van der Waals surface area contributed by atoms with Crippen LogP contribution in [0.25, 0.3) is 0 Å². The molecule has 32 heavy (non-hydrogen) atoms. The Morgan fingerprint density at radius 1 is 0.906 bits per heavy atom. The third kappa shape index (κ3) is 8.47. The first kappa shape index (κ1) is 25.6. The number of aliphatic carboxylic acids is 3. The lowest BCUT2D eigenvalue weighted by Gasteiger charge is -2.44. The van der Waals surface area contributed by atoms with E-state index in [1.54, 1.807) is 0 Å². The van der Waals surface area contributed by atoms with E-state index in [0.717, 1.165) is 30.5 Å². The van der Waals surface area contributed by atoms with Gasteiger partial charge in [0.15, 0.2) is 0 Å². The van der Waals surface area contributed by atoms with Crippen LogP contribution in [0.5, 0.6) is 0 Å². The van der Waals surface area contributed by atoms with E-state index in [1.807, 2.05) is 29.2 Å². The summed E-state index contributed by atoms with van der Waals surface area (Å²) in [5.74, 6) is -3.15. The van der Waals surface area contributed by atoms with Crippen LogP contribution in [0.1, 0.15) is 37.7 Å². The Labute approximate surface area is 192 Å². The molecule has 0 heterocycles. The predicted molar refractivity (Wildman–Crippen MR) is 122 cm³/mol. The first-order valence-electron chi connectivity index (χ1n) is 10.6. The summed E-state index contributed by atoms with van der Waals surface area (Å²) < 4.78 is 0. The smallest absolute Gasteiger partial charge is 0.317 e. The van der Waals surface area contributed by atoms with Gasteiger partial charge in [-0.2, -0.15) is 4.99 Å². The molecule has 0 bridgehead atoms. The van der Waals surface area contributed by atoms with Gasteiger partial charge in [0.25, 0.3) is 0 Å². The minimum atomic E-state index is -1.10. The minimum Gasteiger partial charge on any atom is -0.480 e. The van der Waals surface area contributed by atoms with Gasteiger partial charge < -0.3 is 15.3 Å². The molecule has 2 atom stereocenters. The molecule has 1 aliphatic rings. The van der Waals surface area contributed by atoms with Gasteiger partial charge in [-0.15, -0.1) is 0 Å². The quantitative estimate of drug-likeness (QED) is 0.298. The molecule has 1 aromatic carbocycles. The number of carboxylic acid groups (broad SMARTS) is 3. The molecule has 1 saturated carbocycles. The molecule has 174 valence electrons. The average Bonchev–Trinajstić information content (AvgIpc) is 2.73. The maximum Gasteiger partial charge on any atom is 0.317 e. The molecule has 1 fully saturated rings. The second-order valence-corrected chi connectivity index (χ2v) is 8.13. The number of aliphatic imine (C=N–C) groups is 1. The van der Waals surface area contributed by atoms with Crippen molar-refractivity contribution in [2.45, 2.75) is 50.6 Å². The third-order valence-corrected chi connectivity index (χ3v) is 5.76. The van der Waals surface area contributed by atoms with Crippen LogP contribution in [0.4, 0.5) is 5.69 Å². The van der Waals surface area contributed by atoms with Crippen molar-refractivity contribution in [2.75, 3.05) is 26.2 Å². The zero-order valence-corrected chi connectivity index (χ0v) is 18.7. The normalized spacial score (nSPS) is 18.3. The molecule has 0 saturated heterocycles. The average molecular weight is 464 g/mol. The van der Waals surface area contributed by atoms with E-state index in [2.05, 4.69) is 22.4 Å². The molecule has 10 heteroatoms. The van der Waals surface area contributed by atoms with Crippen molar-refractivity contribution in [3.63, 3.8) is 0 Å². The van der Waals surface area contributed by atoms with E-state index < -0.39 is 17.9 Å². The Hall–Kier alpha value is -2.65. The van der Waals surface area contributed by atoms with Crippen molar-refractivity contribution in [3.05, 3.63) is 29.8 Å². The van der Waals surface area contributed by atoms with E-state index in [9.17, 15) is 29.7 Å². The van der Waals surface area contributed by atoms with Crippen LogP contribution in [0.15, 0.2) is 29.3 Å². The molecular weight excluding hydrogens is 434 g/mol. The standard InChI is InChI=1S/C22H29N3O6S/c26-20(27)12-24(11-3-4-16-7-9-17(10-8-16)23-15-32)18-5-1-2-6-19(18)25(13-21(28)29)14-22(30)31/h7-10,18-19H,1-6,11-14H2,(H,26,27)(H,28,29)(H,30,31)/t18-,19-/m0/s1. The number of hydrogen-bond donors (Lipinski definition) is 3. The Balaban J connectivity index is 2.11. The van der Waals surface area contributed by atoms with Gasteiger partial charge in [-0.1, -0.05) is 25.0 Å². The maximum atomic E-state index is 11.5. The third-order valence-electron chi connectivity index (χ3n) is 5.67. The van der Waals surface area contributed by atoms with Gasteiger partial charge in [0, 0.05) is 12.1 Å². The SMILES string of the molecule is O=C(O)CN(CCCc1ccc(N=C=S)cc1)[C@H]1CCCC[C@@H]1N(CC(=O)O)CC(=O)O. The lowest BCUT2D eigenvalue weighted by atomic mass is 9.87. The number of carbonyl (C=O) groups is 3. The highest BCUT2D eigenvalue weighted by molar-refractivity contribution is 7.78. The molecule has 0 amide bonds. The van der Waals surface area contributed by atoms with Crippen LogP contribution < -0.4 is 0 Å². The van der Waals surface area contributed by atoms with Crippen LogP contribution in [0.3, 0.4) is 0 Å². The largest absolute Gasteiger partial charge is 0.480 e. The van der Waals surface area contributed by atoms with Gasteiger partial charge in [0.1, 0.15) is 0 Å². The molecule has 1 aliphatic carbocycles. The number of hydrogen-bond acceptors (Lipinski definition) is 7. The van der Waals surface area contributed by atoms with E-state index in [4.69, 9.17) is 0 Å². The summed E-state index contributed by atoms with van der Waals surface area (Å²) in [4.78, 5) is 41.4. The Kier molecular flexibility index (Phi) is 10.4. The Bertz CT molecular complexity index is 825. The maximum absolute atomic E-state index is 11.5. The van der Waals surface area contributed by atoms with Gasteiger partial charge >= 0.3 is 17.9 Å². The monoisotopic (exact) mass is 463 g/mol. The summed E-state index contributed by atoms with van der Waals surface area (Å²) in [6, 6.07) is 7.04. The second kappa shape index (κ2) is 13.0. The van der Waals surface area contributed by atoms with Gasteiger partial charge in [-0.05, 0) is 62.1 Å². The van der Waals surface area contributed by atoms with E-state index >= 15 is 0 Å². The molecule has 9 nitrogen and oxygen atoms in total. The fraction of sp³-hybridized carbons (Fsp3) is 0.545. The van der Waals surface area contributed by atoms with E-state index in [-0.39, 0.29) is 31.7 Å². The van der Waals surface area contributed by atoms with Crippen molar-refractivity contribution >= 4 is 41.0 Å². The zero-order chi connectivity index (χ0) is 23.5. The number of carboxylic acids is 3. The second-order valence-electron chi connectivity index (χ2n) is 7.95. The first-order valence-corrected chi connectivity index (χ1v) is 11.0. The lowest BCUT2D eigenvalue weighted by Crippen LogP contribution is -2.56. The summed E-state index contributed by atoms with van der Waals surface area (Å²) in [6.45, 7) is -0.422. The van der Waals surface area contributed by atoms with Gasteiger partial charge in [0.05, 0.1) is 30.5 Å². The number of aryl methyl sites for hydroxylation is 1. The molecule has 0 unspecified atom stereocenters. The van der Waals surface area contributed by atoms with E-state index in [0.29, 0.717) is 25.8 Å². The number of thiocarbonyl (C=S) groups is 1. The molecular formula is C22H29N3O6S. The van der Waals surface area contributed by atoms with Gasteiger partial charge in [0.2, 0.25) is 0 Å². The first-order chi connectivity index (χ1) is 15.3. The van der Waals surface area contributed by atoms with Crippen molar-refractivity contribution in [2.24, 2.45) is 4.99 Å². The highest BCUT2D eigenvalue weighted by atomic mass is 32.1. The molecule has 2 rings (SSSR count). The molecule has 1 aromatic rings. The molecule has 0 aliphatic heterocycles.